The van der Waals surface area contributed by atoms with Crippen LogP contribution in [0.3, 0.4) is 0 Å². The van der Waals surface area contributed by atoms with Crippen molar-refractivity contribution in [3.63, 3.8) is 0 Å². The third-order valence-electron chi connectivity index (χ3n) is 2.45. The highest BCUT2D eigenvalue weighted by Gasteiger charge is 1.85. The van der Waals surface area contributed by atoms with Crippen molar-refractivity contribution in [2.45, 2.75) is 0 Å². The van der Waals surface area contributed by atoms with E-state index in [-0.39, 0.29) is 0 Å². The summed E-state index contributed by atoms with van der Waals surface area (Å²) in [5.74, 6) is 0. The summed E-state index contributed by atoms with van der Waals surface area (Å²) >= 11 is 3.63. The predicted octanol–water partition coefficient (Wildman–Crippen LogP) is 5.75. The molecule has 2 heteroatoms. The fraction of sp³-hybridized carbons (Fsp3) is 0.0588. The summed E-state index contributed by atoms with van der Waals surface area (Å²) in [5, 5.41) is 5.34. The Hall–Kier alpha value is -1.38. The first-order chi connectivity index (χ1) is 9.45. The Kier molecular flexibility index (Phi) is 6.41. The molecule has 0 N–H and O–H groups in total. The molecule has 0 unspecified atom stereocenters. The minimum absolute atomic E-state index is 1.03. The first-order valence-electron chi connectivity index (χ1n) is 6.11. The third kappa shape index (κ3) is 5.86. The molecule has 0 aliphatic heterocycles. The molecule has 0 aliphatic carbocycles. The quantitative estimate of drug-likeness (QED) is 0.489. The lowest BCUT2D eigenvalue weighted by Crippen LogP contribution is -1.68. The van der Waals surface area contributed by atoms with Crippen molar-refractivity contribution < 1.29 is 0 Å². The van der Waals surface area contributed by atoms with Gasteiger partial charge in [-0.25, -0.2) is 0 Å². The Bertz CT molecular complexity index is 466. The lowest BCUT2D eigenvalue weighted by Gasteiger charge is -1.93. The summed E-state index contributed by atoms with van der Waals surface area (Å²) in [7, 11) is 0. The lowest BCUT2D eigenvalue weighted by atomic mass is 10.2. The van der Waals surface area contributed by atoms with E-state index in [0.29, 0.717) is 0 Å². The SMILES string of the molecule is C(=C\c1ccccc1)/SCS/C=C/c1ccccc1. The normalized spacial score (nSPS) is 11.4. The van der Waals surface area contributed by atoms with Crippen molar-refractivity contribution in [2.24, 2.45) is 0 Å². The molecule has 96 valence electrons. The molecular weight excluding hydrogens is 268 g/mol. The van der Waals surface area contributed by atoms with Crippen LogP contribution in [0.5, 0.6) is 0 Å². The minimum Gasteiger partial charge on any atom is -0.123 e. The molecule has 2 aromatic carbocycles. The molecule has 0 amide bonds. The smallest absolute Gasteiger partial charge is 0.0474 e. The molecule has 2 aromatic rings. The van der Waals surface area contributed by atoms with Crippen LogP contribution in [0.15, 0.2) is 71.5 Å². The van der Waals surface area contributed by atoms with Gasteiger partial charge in [0.15, 0.2) is 0 Å². The molecular formula is C17H16S2. The molecule has 2 rings (SSSR count). The minimum atomic E-state index is 1.03. The maximum absolute atomic E-state index is 2.15. The van der Waals surface area contributed by atoms with E-state index >= 15 is 0 Å². The number of rotatable bonds is 6. The molecule has 0 saturated heterocycles. The molecule has 0 atom stereocenters. The number of hydrogen-bond donors (Lipinski definition) is 0. The molecule has 0 aromatic heterocycles. The van der Waals surface area contributed by atoms with E-state index in [4.69, 9.17) is 0 Å². The lowest BCUT2D eigenvalue weighted by molar-refractivity contribution is 1.66. The van der Waals surface area contributed by atoms with E-state index in [2.05, 4.69) is 71.5 Å². The molecule has 0 spiro atoms. The summed E-state index contributed by atoms with van der Waals surface area (Å²) in [6.45, 7) is 0. The van der Waals surface area contributed by atoms with Crippen molar-refractivity contribution >= 4 is 35.7 Å². The van der Waals surface area contributed by atoms with Gasteiger partial charge in [0.25, 0.3) is 0 Å². The van der Waals surface area contributed by atoms with Crippen LogP contribution in [-0.4, -0.2) is 5.08 Å². The van der Waals surface area contributed by atoms with Crippen molar-refractivity contribution in [2.75, 3.05) is 5.08 Å². The molecule has 0 saturated carbocycles. The fourth-order valence-electron chi connectivity index (χ4n) is 1.50. The Morgan fingerprint density at radius 1 is 0.632 bits per heavy atom. The van der Waals surface area contributed by atoms with Gasteiger partial charge >= 0.3 is 0 Å². The summed E-state index contributed by atoms with van der Waals surface area (Å²) in [6, 6.07) is 20.7. The van der Waals surface area contributed by atoms with Gasteiger partial charge in [0.05, 0.1) is 0 Å². The third-order valence-corrected chi connectivity index (χ3v) is 4.19. The first kappa shape index (κ1) is 14.0. The van der Waals surface area contributed by atoms with Gasteiger partial charge in [-0.15, -0.1) is 23.5 Å². The van der Waals surface area contributed by atoms with E-state index in [1.165, 1.54) is 11.1 Å². The van der Waals surface area contributed by atoms with Gasteiger partial charge < -0.3 is 0 Å². The van der Waals surface area contributed by atoms with Crippen LogP contribution in [0, 0.1) is 0 Å². The van der Waals surface area contributed by atoms with E-state index in [1.54, 1.807) is 0 Å². The van der Waals surface area contributed by atoms with E-state index in [9.17, 15) is 0 Å². The Morgan fingerprint density at radius 3 is 1.47 bits per heavy atom. The molecule has 0 heterocycles. The average molecular weight is 284 g/mol. The average Bonchev–Trinajstić information content (AvgIpc) is 2.48. The van der Waals surface area contributed by atoms with Gasteiger partial charge in [0.2, 0.25) is 0 Å². The van der Waals surface area contributed by atoms with Crippen molar-refractivity contribution in [3.8, 4) is 0 Å². The highest BCUT2D eigenvalue weighted by molar-refractivity contribution is 8.18. The van der Waals surface area contributed by atoms with Gasteiger partial charge in [0, 0.05) is 5.08 Å². The van der Waals surface area contributed by atoms with Crippen LogP contribution in [0.4, 0.5) is 0 Å². The van der Waals surface area contributed by atoms with Crippen LogP contribution in [-0.2, 0) is 0 Å². The molecule has 0 radical (unpaired) electrons. The maximum atomic E-state index is 2.15. The summed E-state index contributed by atoms with van der Waals surface area (Å²) in [5.41, 5.74) is 2.50. The van der Waals surface area contributed by atoms with Gasteiger partial charge in [-0.3, -0.25) is 0 Å². The summed E-state index contributed by atoms with van der Waals surface area (Å²) in [4.78, 5) is 0. The molecule has 0 aliphatic rings. The van der Waals surface area contributed by atoms with Crippen molar-refractivity contribution in [3.05, 3.63) is 82.6 Å². The van der Waals surface area contributed by atoms with Crippen molar-refractivity contribution in [1.29, 1.82) is 0 Å². The number of hydrogen-bond acceptors (Lipinski definition) is 2. The molecule has 0 bridgehead atoms. The topological polar surface area (TPSA) is 0 Å². The van der Waals surface area contributed by atoms with Gasteiger partial charge in [0.1, 0.15) is 0 Å². The zero-order chi connectivity index (χ0) is 13.2. The maximum Gasteiger partial charge on any atom is 0.0474 e. The number of thioether (sulfide) groups is 2. The Labute approximate surface area is 123 Å². The van der Waals surface area contributed by atoms with E-state index < -0.39 is 0 Å². The second-order valence-electron chi connectivity index (χ2n) is 3.88. The van der Waals surface area contributed by atoms with Crippen LogP contribution < -0.4 is 0 Å². The van der Waals surface area contributed by atoms with Gasteiger partial charge in [-0.05, 0) is 34.1 Å². The summed E-state index contributed by atoms with van der Waals surface area (Å²) in [6.07, 6.45) is 4.29. The highest BCUT2D eigenvalue weighted by Crippen LogP contribution is 2.17. The van der Waals surface area contributed by atoms with E-state index in [1.807, 2.05) is 35.7 Å². The first-order valence-corrected chi connectivity index (χ1v) is 8.21. The Balaban J connectivity index is 1.65. The van der Waals surface area contributed by atoms with E-state index in [0.717, 1.165) is 5.08 Å². The predicted molar refractivity (Wildman–Crippen MR) is 91.0 cm³/mol. The Morgan fingerprint density at radius 2 is 1.05 bits per heavy atom. The van der Waals surface area contributed by atoms with Crippen LogP contribution in [0.1, 0.15) is 11.1 Å². The van der Waals surface area contributed by atoms with Crippen LogP contribution >= 0.6 is 23.5 Å². The van der Waals surface area contributed by atoms with Crippen LogP contribution in [0.2, 0.25) is 0 Å². The number of benzene rings is 2. The second kappa shape index (κ2) is 8.68. The van der Waals surface area contributed by atoms with Crippen molar-refractivity contribution in [1.82, 2.24) is 0 Å². The zero-order valence-corrected chi connectivity index (χ0v) is 12.2. The zero-order valence-electron chi connectivity index (χ0n) is 10.6. The molecule has 0 fully saturated rings. The van der Waals surface area contributed by atoms with Gasteiger partial charge in [-0.2, -0.15) is 0 Å². The molecule has 0 nitrogen and oxygen atoms in total. The largest absolute Gasteiger partial charge is 0.123 e. The van der Waals surface area contributed by atoms with Gasteiger partial charge in [-0.1, -0.05) is 60.7 Å². The van der Waals surface area contributed by atoms with Crippen LogP contribution in [0.25, 0.3) is 12.2 Å². The fourth-order valence-corrected chi connectivity index (χ4v) is 2.95. The highest BCUT2D eigenvalue weighted by atomic mass is 32.2. The standard InChI is InChI=1S/C17H16S2/c1-3-7-16(8-4-1)11-13-18-15-19-14-12-17-9-5-2-6-10-17/h1-14H,15H2/b13-11+,14-12+. The monoisotopic (exact) mass is 284 g/mol. The summed E-state index contributed by atoms with van der Waals surface area (Å²) < 4.78 is 0. The second-order valence-corrected chi connectivity index (χ2v) is 6.03. The molecule has 19 heavy (non-hydrogen) atoms.